The molecule has 0 aliphatic carbocycles. The maximum atomic E-state index is 13.2. The van der Waals surface area contributed by atoms with Gasteiger partial charge in [0.2, 0.25) is 5.91 Å². The number of carbonyl (C=O) groups excluding carboxylic acids is 1. The van der Waals surface area contributed by atoms with Crippen molar-refractivity contribution in [1.29, 1.82) is 0 Å². The number of hydrogen-bond donors (Lipinski definition) is 12. The molecule has 1 amide bonds. The van der Waals surface area contributed by atoms with Gasteiger partial charge in [-0.2, -0.15) is 0 Å². The van der Waals surface area contributed by atoms with Gasteiger partial charge in [-0.05, 0) is 38.5 Å². The highest BCUT2D eigenvalue weighted by Gasteiger charge is 2.53. The van der Waals surface area contributed by atoms with Gasteiger partial charge in [0.05, 0.1) is 38.6 Å². The van der Waals surface area contributed by atoms with E-state index in [0.717, 1.165) is 64.2 Å². The van der Waals surface area contributed by atoms with Crippen LogP contribution in [0.3, 0.4) is 0 Å². The molecule has 0 radical (unpaired) electrons. The van der Waals surface area contributed by atoms with Gasteiger partial charge >= 0.3 is 0 Å². The molecule has 17 atom stereocenters. The first-order valence-corrected chi connectivity index (χ1v) is 27.1. The quantitative estimate of drug-likeness (QED) is 0.0313. The molecule has 3 aliphatic heterocycles. The molecule has 0 spiro atoms. The van der Waals surface area contributed by atoms with Gasteiger partial charge in [-0.25, -0.2) is 0 Å². The van der Waals surface area contributed by atoms with Crippen LogP contribution < -0.4 is 5.32 Å². The zero-order chi connectivity index (χ0) is 52.0. The summed E-state index contributed by atoms with van der Waals surface area (Å²) in [6.45, 7) is 1.64. The summed E-state index contributed by atoms with van der Waals surface area (Å²) >= 11 is 0. The molecular weight excluding hydrogens is 927 g/mol. The Morgan fingerprint density at radius 2 is 0.901 bits per heavy atom. The van der Waals surface area contributed by atoms with Crippen LogP contribution in [-0.4, -0.2) is 193 Å². The van der Waals surface area contributed by atoms with Crippen molar-refractivity contribution in [3.63, 3.8) is 0 Å². The first-order chi connectivity index (χ1) is 34.3. The van der Waals surface area contributed by atoms with Crippen LogP contribution in [0.5, 0.6) is 0 Å². The Labute approximate surface area is 422 Å². The van der Waals surface area contributed by atoms with Crippen molar-refractivity contribution in [2.24, 2.45) is 0 Å². The number of nitrogens with one attached hydrogen (secondary N) is 1. The van der Waals surface area contributed by atoms with Crippen LogP contribution in [0.25, 0.3) is 0 Å². The molecule has 0 aromatic carbocycles. The second kappa shape index (κ2) is 37.1. The molecule has 17 unspecified atom stereocenters. The summed E-state index contributed by atoms with van der Waals surface area (Å²) in [7, 11) is 0. The number of unbranched alkanes of at least 4 members (excludes halogenated alkanes) is 20. The summed E-state index contributed by atoms with van der Waals surface area (Å²) in [6, 6.07) is -0.972. The maximum absolute atomic E-state index is 13.2. The third kappa shape index (κ3) is 22.6. The molecule has 19 heteroatoms. The summed E-state index contributed by atoms with van der Waals surface area (Å²) in [5.41, 5.74) is 0. The third-order valence-electron chi connectivity index (χ3n) is 13.7. The van der Waals surface area contributed by atoms with Crippen LogP contribution in [0.2, 0.25) is 0 Å². The minimum absolute atomic E-state index is 0.233. The topological polar surface area (TPSA) is 307 Å². The van der Waals surface area contributed by atoms with E-state index in [2.05, 4.69) is 31.3 Å². The highest BCUT2D eigenvalue weighted by molar-refractivity contribution is 5.76. The molecule has 0 bridgehead atoms. The SMILES string of the molecule is CCCC/C=C\CCCCCCCC(=O)NC(COC1OC(CO)C(OC2OC(CO)C(OC3OC(CO)C(O)C(O)C3O)C(O)C2O)C(O)C1O)C(O)/C=C/CCCCCCCCCCCCCCC. The molecule has 3 fully saturated rings. The summed E-state index contributed by atoms with van der Waals surface area (Å²) in [4.78, 5) is 13.2. The van der Waals surface area contributed by atoms with Crippen LogP contribution >= 0.6 is 0 Å². The number of amides is 1. The Hall–Kier alpha value is -1.73. The van der Waals surface area contributed by atoms with Gasteiger partial charge < -0.3 is 89.9 Å². The zero-order valence-corrected chi connectivity index (χ0v) is 42.7. The predicted molar refractivity (Wildman–Crippen MR) is 263 cm³/mol. The van der Waals surface area contributed by atoms with Crippen molar-refractivity contribution in [2.75, 3.05) is 26.4 Å². The van der Waals surface area contributed by atoms with E-state index in [1.54, 1.807) is 6.08 Å². The smallest absolute Gasteiger partial charge is 0.220 e. The van der Waals surface area contributed by atoms with Gasteiger partial charge in [-0.1, -0.05) is 147 Å². The molecule has 19 nitrogen and oxygen atoms in total. The molecule has 0 aromatic rings. The predicted octanol–water partition coefficient (Wildman–Crippen LogP) is 2.81. The normalized spacial score (nSPS) is 32.4. The average molecular weight is 1020 g/mol. The van der Waals surface area contributed by atoms with Gasteiger partial charge in [0.1, 0.15) is 73.2 Å². The van der Waals surface area contributed by atoms with Crippen molar-refractivity contribution in [2.45, 2.75) is 272 Å². The van der Waals surface area contributed by atoms with Crippen LogP contribution in [0, 0.1) is 0 Å². The van der Waals surface area contributed by atoms with E-state index in [4.69, 9.17) is 28.4 Å². The Morgan fingerprint density at radius 3 is 1.41 bits per heavy atom. The molecular formula is C52H95NO18. The number of carbonyl (C=O) groups is 1. The summed E-state index contributed by atoms with van der Waals surface area (Å²) in [5, 5.41) is 120. The lowest BCUT2D eigenvalue weighted by atomic mass is 9.96. The highest BCUT2D eigenvalue weighted by Crippen LogP contribution is 2.33. The van der Waals surface area contributed by atoms with Crippen LogP contribution in [0.15, 0.2) is 24.3 Å². The Kier molecular flexibility index (Phi) is 33.2. The minimum atomic E-state index is -1.98. The Morgan fingerprint density at radius 1 is 0.493 bits per heavy atom. The summed E-state index contributed by atoms with van der Waals surface area (Å²) in [6.07, 6.45) is 7.49. The maximum Gasteiger partial charge on any atom is 0.220 e. The molecule has 0 aromatic heterocycles. The standard InChI is InChI=1S/C52H95NO18/c1-3-5-7-9-11-13-15-16-17-18-20-21-23-25-27-29-36(57)35(53-40(58)30-28-26-24-22-19-14-12-10-8-6-4-2)34-66-50-46(64)43(61)48(38(32-55)68-50)71-52-47(65)44(62)49(39(33-56)69-52)70-51-45(63)42(60)41(59)37(31-54)67-51/h10,12,27,29,35-39,41-52,54-57,59-65H,3-9,11,13-26,28,30-34H2,1-2H3,(H,53,58)/b12-10-,29-27+. The molecule has 3 saturated heterocycles. The van der Waals surface area contributed by atoms with Gasteiger partial charge in [0, 0.05) is 6.42 Å². The van der Waals surface area contributed by atoms with Crippen molar-refractivity contribution >= 4 is 5.91 Å². The van der Waals surface area contributed by atoms with Crippen LogP contribution in [-0.2, 0) is 33.2 Å². The molecule has 71 heavy (non-hydrogen) atoms. The first-order valence-electron chi connectivity index (χ1n) is 27.1. The summed E-state index contributed by atoms with van der Waals surface area (Å²) in [5.74, 6) is -0.288. The average Bonchev–Trinajstić information content (AvgIpc) is 3.36. The van der Waals surface area contributed by atoms with E-state index < -0.39 is 124 Å². The third-order valence-corrected chi connectivity index (χ3v) is 13.7. The first kappa shape index (κ1) is 63.6. The van der Waals surface area contributed by atoms with E-state index >= 15 is 0 Å². The van der Waals surface area contributed by atoms with Gasteiger partial charge in [0.15, 0.2) is 18.9 Å². The largest absolute Gasteiger partial charge is 0.394 e. The molecule has 3 rings (SSSR count). The number of rotatable bonds is 38. The second-order valence-corrected chi connectivity index (χ2v) is 19.7. The Bertz CT molecular complexity index is 1410. The number of aliphatic hydroxyl groups is 11. The highest BCUT2D eigenvalue weighted by atomic mass is 16.8. The van der Waals surface area contributed by atoms with Crippen LogP contribution in [0.4, 0.5) is 0 Å². The van der Waals surface area contributed by atoms with Crippen molar-refractivity contribution in [3.8, 4) is 0 Å². The van der Waals surface area contributed by atoms with E-state index in [1.165, 1.54) is 77.0 Å². The lowest BCUT2D eigenvalue weighted by molar-refractivity contribution is -0.379. The van der Waals surface area contributed by atoms with Crippen molar-refractivity contribution < 1.29 is 89.4 Å². The molecule has 3 heterocycles. The number of hydrogen-bond acceptors (Lipinski definition) is 18. The molecule has 12 N–H and O–H groups in total. The minimum Gasteiger partial charge on any atom is -0.394 e. The number of ether oxygens (including phenoxy) is 6. The van der Waals surface area contributed by atoms with Crippen molar-refractivity contribution in [3.05, 3.63) is 24.3 Å². The zero-order valence-electron chi connectivity index (χ0n) is 42.7. The van der Waals surface area contributed by atoms with Gasteiger partial charge in [-0.3, -0.25) is 4.79 Å². The van der Waals surface area contributed by atoms with E-state index in [-0.39, 0.29) is 18.9 Å². The Balaban J connectivity index is 1.55. The fraction of sp³-hybridized carbons (Fsp3) is 0.904. The lowest BCUT2D eigenvalue weighted by Crippen LogP contribution is -2.66. The monoisotopic (exact) mass is 1020 g/mol. The van der Waals surface area contributed by atoms with E-state index in [0.29, 0.717) is 6.42 Å². The van der Waals surface area contributed by atoms with Crippen molar-refractivity contribution in [1.82, 2.24) is 5.32 Å². The second-order valence-electron chi connectivity index (χ2n) is 19.7. The van der Waals surface area contributed by atoms with Crippen LogP contribution in [0.1, 0.15) is 168 Å². The molecule has 416 valence electrons. The number of allylic oxidation sites excluding steroid dienone is 3. The van der Waals surface area contributed by atoms with E-state index in [1.807, 2.05) is 6.08 Å². The van der Waals surface area contributed by atoms with E-state index in [9.17, 15) is 61.0 Å². The molecule has 3 aliphatic rings. The van der Waals surface area contributed by atoms with Gasteiger partial charge in [-0.15, -0.1) is 0 Å². The fourth-order valence-electron chi connectivity index (χ4n) is 9.17. The molecule has 0 saturated carbocycles. The lowest BCUT2D eigenvalue weighted by Gasteiger charge is -2.48. The summed E-state index contributed by atoms with van der Waals surface area (Å²) < 4.78 is 34.1. The fourth-order valence-corrected chi connectivity index (χ4v) is 9.17. The number of aliphatic hydroxyl groups excluding tert-OH is 11. The van der Waals surface area contributed by atoms with Gasteiger partial charge in [0.25, 0.3) is 0 Å².